The minimum absolute atomic E-state index is 0.0237. The third-order valence-electron chi connectivity index (χ3n) is 4.60. The Balaban J connectivity index is 1.85. The third kappa shape index (κ3) is 3.88. The van der Waals surface area contributed by atoms with Crippen molar-refractivity contribution >= 4 is 11.8 Å². The SMILES string of the molecule is CNC(=O)CC1(O)CCCN(C(=O)c2cncnc2-c2ccccc2)C1. The normalized spacial score (nSPS) is 19.8. The van der Waals surface area contributed by atoms with Crippen molar-refractivity contribution in [1.82, 2.24) is 20.2 Å². The first-order valence-electron chi connectivity index (χ1n) is 8.60. The molecule has 1 atom stereocenters. The zero-order chi connectivity index (χ0) is 18.6. The van der Waals surface area contributed by atoms with E-state index in [1.807, 2.05) is 30.3 Å². The van der Waals surface area contributed by atoms with Crippen molar-refractivity contribution in [2.24, 2.45) is 0 Å². The van der Waals surface area contributed by atoms with Gasteiger partial charge in [-0.2, -0.15) is 0 Å². The van der Waals surface area contributed by atoms with Crippen molar-refractivity contribution < 1.29 is 14.7 Å². The van der Waals surface area contributed by atoms with Gasteiger partial charge in [-0.05, 0) is 12.8 Å². The molecule has 2 amide bonds. The maximum Gasteiger partial charge on any atom is 0.257 e. The van der Waals surface area contributed by atoms with Crippen LogP contribution in [0.15, 0.2) is 42.9 Å². The minimum Gasteiger partial charge on any atom is -0.388 e. The molecule has 1 unspecified atom stereocenters. The Hall–Kier alpha value is -2.80. The summed E-state index contributed by atoms with van der Waals surface area (Å²) in [5.74, 6) is -0.477. The average molecular weight is 354 g/mol. The van der Waals surface area contributed by atoms with Crippen LogP contribution >= 0.6 is 0 Å². The lowest BCUT2D eigenvalue weighted by atomic mass is 9.89. The van der Waals surface area contributed by atoms with Gasteiger partial charge in [0.2, 0.25) is 5.91 Å². The maximum atomic E-state index is 13.1. The summed E-state index contributed by atoms with van der Waals surface area (Å²) in [5, 5.41) is 13.3. The highest BCUT2D eigenvalue weighted by Crippen LogP contribution is 2.27. The smallest absolute Gasteiger partial charge is 0.257 e. The van der Waals surface area contributed by atoms with Gasteiger partial charge in [0, 0.05) is 25.4 Å². The lowest BCUT2D eigenvalue weighted by molar-refractivity contribution is -0.127. The number of hydrogen-bond acceptors (Lipinski definition) is 5. The fourth-order valence-electron chi connectivity index (χ4n) is 3.30. The summed E-state index contributed by atoms with van der Waals surface area (Å²) in [6, 6.07) is 9.44. The molecule has 3 rings (SSSR count). The van der Waals surface area contributed by atoms with E-state index >= 15 is 0 Å². The number of amides is 2. The van der Waals surface area contributed by atoms with E-state index in [0.717, 1.165) is 5.56 Å². The molecule has 26 heavy (non-hydrogen) atoms. The molecule has 2 heterocycles. The lowest BCUT2D eigenvalue weighted by Crippen LogP contribution is -2.52. The van der Waals surface area contributed by atoms with Crippen molar-refractivity contribution in [3.63, 3.8) is 0 Å². The summed E-state index contributed by atoms with van der Waals surface area (Å²) in [7, 11) is 1.53. The first-order valence-corrected chi connectivity index (χ1v) is 8.60. The molecular weight excluding hydrogens is 332 g/mol. The molecule has 0 saturated carbocycles. The highest BCUT2D eigenvalue weighted by molar-refractivity contribution is 5.99. The lowest BCUT2D eigenvalue weighted by Gasteiger charge is -2.39. The molecular formula is C19H22N4O3. The summed E-state index contributed by atoms with van der Waals surface area (Å²) in [5.41, 5.74) is 0.570. The van der Waals surface area contributed by atoms with Crippen LogP contribution in [0.4, 0.5) is 0 Å². The molecule has 136 valence electrons. The van der Waals surface area contributed by atoms with E-state index in [9.17, 15) is 14.7 Å². The van der Waals surface area contributed by atoms with Gasteiger partial charge in [-0.15, -0.1) is 0 Å². The van der Waals surface area contributed by atoms with Crippen LogP contribution in [0.25, 0.3) is 11.3 Å². The van der Waals surface area contributed by atoms with Crippen LogP contribution in [0.5, 0.6) is 0 Å². The number of likely N-dealkylation sites (tertiary alicyclic amines) is 1. The highest BCUT2D eigenvalue weighted by atomic mass is 16.3. The van der Waals surface area contributed by atoms with E-state index in [2.05, 4.69) is 15.3 Å². The molecule has 1 aliphatic heterocycles. The van der Waals surface area contributed by atoms with Gasteiger partial charge in [-0.25, -0.2) is 9.97 Å². The van der Waals surface area contributed by atoms with Gasteiger partial charge < -0.3 is 15.3 Å². The van der Waals surface area contributed by atoms with Crippen molar-refractivity contribution in [3.05, 3.63) is 48.4 Å². The number of nitrogens with zero attached hydrogens (tertiary/aromatic N) is 3. The second kappa shape index (κ2) is 7.61. The van der Waals surface area contributed by atoms with Crippen LogP contribution in [0.2, 0.25) is 0 Å². The van der Waals surface area contributed by atoms with E-state index in [-0.39, 0.29) is 24.8 Å². The van der Waals surface area contributed by atoms with Crippen LogP contribution in [-0.4, -0.2) is 57.5 Å². The van der Waals surface area contributed by atoms with Crippen molar-refractivity contribution in [1.29, 1.82) is 0 Å². The zero-order valence-electron chi connectivity index (χ0n) is 14.7. The van der Waals surface area contributed by atoms with E-state index in [1.165, 1.54) is 19.6 Å². The van der Waals surface area contributed by atoms with Gasteiger partial charge in [0.15, 0.2) is 0 Å². The second-order valence-electron chi connectivity index (χ2n) is 6.56. The molecule has 7 nitrogen and oxygen atoms in total. The molecule has 0 bridgehead atoms. The average Bonchev–Trinajstić information content (AvgIpc) is 2.67. The Bertz CT molecular complexity index is 796. The van der Waals surface area contributed by atoms with Crippen LogP contribution in [-0.2, 0) is 4.79 Å². The number of hydrogen-bond donors (Lipinski definition) is 2. The molecule has 1 aromatic heterocycles. The zero-order valence-corrected chi connectivity index (χ0v) is 14.7. The Morgan fingerprint density at radius 2 is 2.08 bits per heavy atom. The van der Waals surface area contributed by atoms with E-state index in [1.54, 1.807) is 4.90 Å². The van der Waals surface area contributed by atoms with Gasteiger partial charge in [0.25, 0.3) is 5.91 Å². The molecule has 1 saturated heterocycles. The summed E-state index contributed by atoms with van der Waals surface area (Å²) >= 11 is 0. The predicted octanol–water partition coefficient (Wildman–Crippen LogP) is 1.25. The number of carbonyl (C=O) groups is 2. The number of nitrogens with one attached hydrogen (secondary N) is 1. The molecule has 1 fully saturated rings. The molecule has 0 spiro atoms. The highest BCUT2D eigenvalue weighted by Gasteiger charge is 2.37. The first-order chi connectivity index (χ1) is 12.5. The Labute approximate surface area is 152 Å². The number of rotatable bonds is 4. The van der Waals surface area contributed by atoms with E-state index < -0.39 is 5.60 Å². The maximum absolute atomic E-state index is 13.1. The fourth-order valence-corrected chi connectivity index (χ4v) is 3.30. The predicted molar refractivity (Wildman–Crippen MR) is 96.2 cm³/mol. The number of carbonyl (C=O) groups excluding carboxylic acids is 2. The summed E-state index contributed by atoms with van der Waals surface area (Å²) < 4.78 is 0. The number of benzene rings is 1. The second-order valence-corrected chi connectivity index (χ2v) is 6.56. The summed E-state index contributed by atoms with van der Waals surface area (Å²) in [6.45, 7) is 0.639. The van der Waals surface area contributed by atoms with E-state index in [4.69, 9.17) is 0 Å². The number of aliphatic hydroxyl groups is 1. The Kier molecular flexibility index (Phi) is 5.27. The topological polar surface area (TPSA) is 95.4 Å². The Morgan fingerprint density at radius 1 is 1.31 bits per heavy atom. The number of piperidine rings is 1. The van der Waals surface area contributed by atoms with Crippen LogP contribution in [0, 0.1) is 0 Å². The monoisotopic (exact) mass is 354 g/mol. The minimum atomic E-state index is -1.21. The van der Waals surface area contributed by atoms with Crippen molar-refractivity contribution in [2.45, 2.75) is 24.9 Å². The molecule has 0 radical (unpaired) electrons. The number of aromatic nitrogens is 2. The fraction of sp³-hybridized carbons (Fsp3) is 0.368. The molecule has 1 aliphatic rings. The third-order valence-corrected chi connectivity index (χ3v) is 4.60. The molecule has 2 N–H and O–H groups in total. The van der Waals surface area contributed by atoms with Gasteiger partial charge in [-0.1, -0.05) is 30.3 Å². The number of β-amino-alcohol motifs (C(OH)–C–C–N with tert-alkyl or cyclic N) is 1. The first kappa shape index (κ1) is 18.0. The van der Waals surface area contributed by atoms with Gasteiger partial charge >= 0.3 is 0 Å². The van der Waals surface area contributed by atoms with Crippen LogP contribution < -0.4 is 5.32 Å². The largest absolute Gasteiger partial charge is 0.388 e. The van der Waals surface area contributed by atoms with Crippen molar-refractivity contribution in [3.8, 4) is 11.3 Å². The quantitative estimate of drug-likeness (QED) is 0.861. The molecule has 7 heteroatoms. The summed E-state index contributed by atoms with van der Waals surface area (Å²) in [4.78, 5) is 34.6. The van der Waals surface area contributed by atoms with Crippen LogP contribution in [0.1, 0.15) is 29.6 Å². The van der Waals surface area contributed by atoms with Gasteiger partial charge in [-0.3, -0.25) is 9.59 Å². The molecule has 1 aromatic carbocycles. The Morgan fingerprint density at radius 3 is 2.81 bits per heavy atom. The van der Waals surface area contributed by atoms with Crippen LogP contribution in [0.3, 0.4) is 0 Å². The molecule has 2 aromatic rings. The molecule has 0 aliphatic carbocycles. The summed E-state index contributed by atoms with van der Waals surface area (Å²) in [6.07, 6.45) is 4.01. The van der Waals surface area contributed by atoms with Crippen molar-refractivity contribution in [2.75, 3.05) is 20.1 Å². The van der Waals surface area contributed by atoms with E-state index in [0.29, 0.717) is 30.6 Å². The van der Waals surface area contributed by atoms with Gasteiger partial charge in [0.1, 0.15) is 6.33 Å². The van der Waals surface area contributed by atoms with Gasteiger partial charge in [0.05, 0.1) is 29.8 Å². The standard InChI is InChI=1S/C19H22N4O3/c1-20-16(24)10-19(26)8-5-9-23(12-19)18(25)15-11-21-13-22-17(15)14-6-3-2-4-7-14/h2-4,6-7,11,13,26H,5,8-10,12H2,1H3,(H,20,24).